The van der Waals surface area contributed by atoms with Gasteiger partial charge in [0, 0.05) is 5.56 Å². The van der Waals surface area contributed by atoms with E-state index in [0.29, 0.717) is 0 Å². The molecule has 0 aliphatic carbocycles. The maximum Gasteiger partial charge on any atom is 0.342 e. The second kappa shape index (κ2) is 3.18. The number of rotatable bonds is 0. The first-order valence-electron chi connectivity index (χ1n) is 4.34. The molecule has 0 bridgehead atoms. The summed E-state index contributed by atoms with van der Waals surface area (Å²) in [6, 6.07) is 5.62. The zero-order chi connectivity index (χ0) is 10.1. The van der Waals surface area contributed by atoms with E-state index in [4.69, 9.17) is 9.84 Å². The van der Waals surface area contributed by atoms with Gasteiger partial charge in [0.25, 0.3) is 0 Å². The summed E-state index contributed by atoms with van der Waals surface area (Å²) >= 11 is 0. The van der Waals surface area contributed by atoms with E-state index in [9.17, 15) is 4.79 Å². The molecule has 1 N–H and O–H groups in total. The fraction of sp³-hybridized carbons (Fsp3) is 0.182. The highest BCUT2D eigenvalue weighted by Crippen LogP contribution is 2.28. The Morgan fingerprint density at radius 2 is 2.29 bits per heavy atom. The smallest absolute Gasteiger partial charge is 0.342 e. The van der Waals surface area contributed by atoms with Gasteiger partial charge in [0.05, 0.1) is 6.26 Å². The molecule has 0 radical (unpaired) electrons. The normalized spacial score (nSPS) is 17.8. The molecule has 14 heavy (non-hydrogen) atoms. The van der Waals surface area contributed by atoms with Crippen LogP contribution in [0, 0.1) is 6.92 Å². The molecule has 0 fully saturated rings. The standard InChI is InChI=1S/C11H10O3/c1-7-3-2-4-8-9(5-12)11(13)14-6-10(7)8/h2-5,12H,6H2,1H3/b9-5+. The van der Waals surface area contributed by atoms with Gasteiger partial charge in [-0.05, 0) is 18.1 Å². The second-order valence-corrected chi connectivity index (χ2v) is 3.22. The van der Waals surface area contributed by atoms with Crippen molar-refractivity contribution in [2.45, 2.75) is 13.5 Å². The molecule has 1 aliphatic heterocycles. The molecule has 72 valence electrons. The molecule has 1 aromatic carbocycles. The third-order valence-corrected chi connectivity index (χ3v) is 2.40. The van der Waals surface area contributed by atoms with Crippen LogP contribution in [-0.4, -0.2) is 11.1 Å². The van der Waals surface area contributed by atoms with E-state index in [2.05, 4.69) is 0 Å². The average Bonchev–Trinajstić information content (AvgIpc) is 2.18. The van der Waals surface area contributed by atoms with Crippen molar-refractivity contribution in [3.8, 4) is 0 Å². The van der Waals surface area contributed by atoms with Gasteiger partial charge in [0.15, 0.2) is 0 Å². The third-order valence-electron chi connectivity index (χ3n) is 2.40. The number of carbonyl (C=O) groups excluding carboxylic acids is 1. The summed E-state index contributed by atoms with van der Waals surface area (Å²) in [4.78, 5) is 11.2. The molecule has 1 aromatic rings. The molecule has 0 atom stereocenters. The number of aliphatic hydroxyl groups is 1. The van der Waals surface area contributed by atoms with Gasteiger partial charge in [-0.15, -0.1) is 0 Å². The van der Waals surface area contributed by atoms with E-state index in [-0.39, 0.29) is 12.2 Å². The Kier molecular flexibility index (Phi) is 2.00. The van der Waals surface area contributed by atoms with Crippen LogP contribution in [0.2, 0.25) is 0 Å². The summed E-state index contributed by atoms with van der Waals surface area (Å²) in [6.45, 7) is 2.24. The lowest BCUT2D eigenvalue weighted by molar-refractivity contribution is -0.138. The van der Waals surface area contributed by atoms with E-state index in [0.717, 1.165) is 23.0 Å². The first-order valence-corrected chi connectivity index (χ1v) is 4.34. The van der Waals surface area contributed by atoms with Gasteiger partial charge in [-0.3, -0.25) is 0 Å². The van der Waals surface area contributed by atoms with Gasteiger partial charge in [0.1, 0.15) is 12.2 Å². The molecule has 2 rings (SSSR count). The van der Waals surface area contributed by atoms with E-state index in [1.165, 1.54) is 0 Å². The van der Waals surface area contributed by atoms with Gasteiger partial charge in [-0.2, -0.15) is 0 Å². The molecule has 1 heterocycles. The molecule has 0 amide bonds. The number of cyclic esters (lactones) is 1. The Balaban J connectivity index is 2.64. The van der Waals surface area contributed by atoms with E-state index < -0.39 is 5.97 Å². The summed E-state index contributed by atoms with van der Waals surface area (Å²) in [5, 5.41) is 8.94. The van der Waals surface area contributed by atoms with E-state index in [1.807, 2.05) is 25.1 Å². The molecule has 3 heteroatoms. The lowest BCUT2D eigenvalue weighted by Crippen LogP contribution is -2.16. The molecular formula is C11H10O3. The van der Waals surface area contributed by atoms with Crippen molar-refractivity contribution < 1.29 is 14.6 Å². The van der Waals surface area contributed by atoms with Gasteiger partial charge in [-0.25, -0.2) is 4.79 Å². The molecule has 1 aliphatic rings. The summed E-state index contributed by atoms with van der Waals surface area (Å²) < 4.78 is 4.92. The van der Waals surface area contributed by atoms with Crippen molar-refractivity contribution in [3.05, 3.63) is 41.2 Å². The number of esters is 1. The number of carbonyl (C=O) groups is 1. The van der Waals surface area contributed by atoms with Crippen molar-refractivity contribution in [1.82, 2.24) is 0 Å². The van der Waals surface area contributed by atoms with Crippen molar-refractivity contribution in [1.29, 1.82) is 0 Å². The Hall–Kier alpha value is -1.77. The highest BCUT2D eigenvalue weighted by molar-refractivity contribution is 6.17. The van der Waals surface area contributed by atoms with Crippen molar-refractivity contribution in [2.75, 3.05) is 0 Å². The fourth-order valence-corrected chi connectivity index (χ4v) is 1.59. The van der Waals surface area contributed by atoms with Crippen molar-refractivity contribution >= 4 is 11.5 Å². The van der Waals surface area contributed by atoms with E-state index >= 15 is 0 Å². The van der Waals surface area contributed by atoms with Crippen molar-refractivity contribution in [3.63, 3.8) is 0 Å². The molecule has 0 spiro atoms. The number of hydrogen-bond donors (Lipinski definition) is 1. The van der Waals surface area contributed by atoms with Crippen LogP contribution in [0.4, 0.5) is 0 Å². The van der Waals surface area contributed by atoms with Crippen LogP contribution in [0.5, 0.6) is 0 Å². The van der Waals surface area contributed by atoms with Crippen LogP contribution < -0.4 is 0 Å². The van der Waals surface area contributed by atoms with Crippen LogP contribution in [-0.2, 0) is 16.1 Å². The quantitative estimate of drug-likeness (QED) is 0.386. The molecule has 3 nitrogen and oxygen atoms in total. The molecule has 0 saturated carbocycles. The van der Waals surface area contributed by atoms with Crippen LogP contribution in [0.25, 0.3) is 5.57 Å². The maximum absolute atomic E-state index is 11.2. The van der Waals surface area contributed by atoms with Crippen LogP contribution in [0.1, 0.15) is 16.7 Å². The number of ether oxygens (including phenoxy) is 1. The predicted molar refractivity (Wildman–Crippen MR) is 51.6 cm³/mol. The van der Waals surface area contributed by atoms with Crippen LogP contribution >= 0.6 is 0 Å². The topological polar surface area (TPSA) is 46.5 Å². The number of fused-ring (bicyclic) bond motifs is 1. The number of hydrogen-bond acceptors (Lipinski definition) is 3. The summed E-state index contributed by atoms with van der Waals surface area (Å²) in [7, 11) is 0. The molecule has 0 unspecified atom stereocenters. The minimum Gasteiger partial charge on any atom is -0.515 e. The van der Waals surface area contributed by atoms with Gasteiger partial charge in [-0.1, -0.05) is 18.2 Å². The largest absolute Gasteiger partial charge is 0.515 e. The maximum atomic E-state index is 11.2. The first kappa shape index (κ1) is 8.81. The fourth-order valence-electron chi connectivity index (χ4n) is 1.59. The molecular weight excluding hydrogens is 180 g/mol. The van der Waals surface area contributed by atoms with Gasteiger partial charge in [0.2, 0.25) is 0 Å². The molecule has 0 aromatic heterocycles. The monoisotopic (exact) mass is 190 g/mol. The summed E-state index contributed by atoms with van der Waals surface area (Å²) in [5.41, 5.74) is 3.03. The Morgan fingerprint density at radius 1 is 1.50 bits per heavy atom. The summed E-state index contributed by atoms with van der Waals surface area (Å²) in [6.07, 6.45) is 0.805. The minimum absolute atomic E-state index is 0.231. The van der Waals surface area contributed by atoms with Crippen LogP contribution in [0.3, 0.4) is 0 Å². The summed E-state index contributed by atoms with van der Waals surface area (Å²) in [5.74, 6) is -0.467. The van der Waals surface area contributed by atoms with E-state index in [1.54, 1.807) is 0 Å². The average molecular weight is 190 g/mol. The number of aryl methyl sites for hydroxylation is 1. The zero-order valence-electron chi connectivity index (χ0n) is 7.78. The van der Waals surface area contributed by atoms with Crippen LogP contribution in [0.15, 0.2) is 24.5 Å². The highest BCUT2D eigenvalue weighted by Gasteiger charge is 2.23. The van der Waals surface area contributed by atoms with Crippen molar-refractivity contribution in [2.24, 2.45) is 0 Å². The Labute approximate surface area is 81.6 Å². The van der Waals surface area contributed by atoms with Gasteiger partial charge >= 0.3 is 5.97 Å². The highest BCUT2D eigenvalue weighted by atomic mass is 16.5. The lowest BCUT2D eigenvalue weighted by atomic mass is 9.95. The Bertz CT molecular complexity index is 419. The number of aliphatic hydroxyl groups excluding tert-OH is 1. The predicted octanol–water partition coefficient (Wildman–Crippen LogP) is 1.95. The number of benzene rings is 1. The van der Waals surface area contributed by atoms with Gasteiger partial charge < -0.3 is 9.84 Å². The second-order valence-electron chi connectivity index (χ2n) is 3.22. The SMILES string of the molecule is Cc1cccc2c1COC(=O)/C2=C/O. The Morgan fingerprint density at radius 3 is 3.00 bits per heavy atom. The first-order chi connectivity index (χ1) is 6.74. The minimum atomic E-state index is -0.467. The zero-order valence-corrected chi connectivity index (χ0v) is 7.78. The lowest BCUT2D eigenvalue weighted by Gasteiger charge is -2.19. The third kappa shape index (κ3) is 1.18. The molecule has 0 saturated heterocycles.